The molecule has 0 unspecified atom stereocenters. The molecule has 4 rings (SSSR count). The van der Waals surface area contributed by atoms with E-state index in [1.54, 1.807) is 24.4 Å². The van der Waals surface area contributed by atoms with E-state index in [2.05, 4.69) is 20.2 Å². The average molecular weight is 338 g/mol. The number of benzene rings is 2. The van der Waals surface area contributed by atoms with Gasteiger partial charge in [-0.1, -0.05) is 30.3 Å². The summed E-state index contributed by atoms with van der Waals surface area (Å²) >= 11 is 1.23. The van der Waals surface area contributed by atoms with E-state index in [1.807, 2.05) is 24.3 Å². The van der Waals surface area contributed by atoms with Crippen LogP contribution in [0.4, 0.5) is 4.39 Å². The van der Waals surface area contributed by atoms with Gasteiger partial charge < -0.3 is 4.42 Å². The average Bonchev–Trinajstić information content (AvgIpc) is 3.04. The summed E-state index contributed by atoms with van der Waals surface area (Å²) in [5.74, 6) is 0.0710. The number of hydrogen-bond acceptors (Lipinski definition) is 6. The van der Waals surface area contributed by atoms with Crippen molar-refractivity contribution in [3.8, 4) is 0 Å². The van der Waals surface area contributed by atoms with Crippen molar-refractivity contribution in [1.29, 1.82) is 0 Å². The van der Waals surface area contributed by atoms with E-state index in [0.29, 0.717) is 21.7 Å². The second kappa shape index (κ2) is 6.37. The maximum absolute atomic E-state index is 13.7. The molecule has 0 bridgehead atoms. The van der Waals surface area contributed by atoms with Crippen molar-refractivity contribution in [2.45, 2.75) is 16.7 Å². The highest BCUT2D eigenvalue weighted by Gasteiger charge is 2.12. The third kappa shape index (κ3) is 3.11. The summed E-state index contributed by atoms with van der Waals surface area (Å²) in [7, 11) is 0. The molecule has 0 saturated heterocycles. The summed E-state index contributed by atoms with van der Waals surface area (Å²) in [6, 6.07) is 14.1. The quantitative estimate of drug-likeness (QED) is 0.562. The molecule has 24 heavy (non-hydrogen) atoms. The van der Waals surface area contributed by atoms with Gasteiger partial charge in [-0.05, 0) is 35.5 Å². The zero-order chi connectivity index (χ0) is 16.4. The smallest absolute Gasteiger partial charge is 0.283 e. The van der Waals surface area contributed by atoms with Crippen LogP contribution in [0.15, 0.2) is 69.4 Å². The van der Waals surface area contributed by atoms with Gasteiger partial charge in [-0.25, -0.2) is 9.37 Å². The summed E-state index contributed by atoms with van der Waals surface area (Å²) in [6.07, 6.45) is 1.91. The molecule has 0 aliphatic rings. The summed E-state index contributed by atoms with van der Waals surface area (Å²) in [5, 5.41) is 8.95. The normalized spacial score (nSPS) is 11.0. The highest BCUT2D eigenvalue weighted by molar-refractivity contribution is 7.99. The van der Waals surface area contributed by atoms with Crippen LogP contribution in [0.2, 0.25) is 0 Å². The minimum atomic E-state index is -0.287. The van der Waals surface area contributed by atoms with Crippen LogP contribution in [0.5, 0.6) is 0 Å². The highest BCUT2D eigenvalue weighted by Crippen LogP contribution is 2.26. The Morgan fingerprint density at radius 3 is 2.62 bits per heavy atom. The summed E-state index contributed by atoms with van der Waals surface area (Å²) in [5.41, 5.74) is 2.14. The molecule has 0 N–H and O–H groups in total. The minimum absolute atomic E-state index is 0.254. The second-order valence-corrected chi connectivity index (χ2v) is 6.00. The SMILES string of the molecule is Fc1ccccc1Cc1nnc(Sc2cnc3ccccc3n2)o1. The summed E-state index contributed by atoms with van der Waals surface area (Å²) in [6.45, 7) is 0. The number of halogens is 1. The van der Waals surface area contributed by atoms with Crippen LogP contribution in [0.25, 0.3) is 11.0 Å². The zero-order valence-electron chi connectivity index (χ0n) is 12.4. The molecule has 2 aromatic carbocycles. The van der Waals surface area contributed by atoms with Gasteiger partial charge in [0.05, 0.1) is 23.7 Å². The Bertz CT molecular complexity index is 1000. The second-order valence-electron chi connectivity index (χ2n) is 5.03. The fourth-order valence-corrected chi connectivity index (χ4v) is 2.88. The molecule has 0 saturated carbocycles. The van der Waals surface area contributed by atoms with Gasteiger partial charge in [-0.15, -0.1) is 10.2 Å². The Morgan fingerprint density at radius 2 is 1.75 bits per heavy atom. The minimum Gasteiger partial charge on any atom is -0.415 e. The van der Waals surface area contributed by atoms with Crippen LogP contribution in [0, 0.1) is 5.82 Å². The van der Waals surface area contributed by atoms with Crippen molar-refractivity contribution >= 4 is 22.8 Å². The summed E-state index contributed by atoms with van der Waals surface area (Å²) < 4.78 is 19.2. The van der Waals surface area contributed by atoms with Crippen LogP contribution in [0.3, 0.4) is 0 Å². The first-order valence-corrected chi connectivity index (χ1v) is 8.05. The van der Waals surface area contributed by atoms with Gasteiger partial charge in [0.1, 0.15) is 10.8 Å². The van der Waals surface area contributed by atoms with E-state index in [0.717, 1.165) is 11.0 Å². The van der Waals surface area contributed by atoms with E-state index in [1.165, 1.54) is 17.8 Å². The Kier molecular flexibility index (Phi) is 3.92. The van der Waals surface area contributed by atoms with E-state index in [-0.39, 0.29) is 12.2 Å². The van der Waals surface area contributed by atoms with E-state index in [9.17, 15) is 4.39 Å². The standard InChI is InChI=1S/C17H11FN4OS/c18-12-6-2-1-5-11(12)9-15-21-22-17(23-15)24-16-10-19-13-7-3-4-8-14(13)20-16/h1-8,10H,9H2. The number of para-hydroxylation sites is 2. The molecule has 2 heterocycles. The molecule has 0 aliphatic heterocycles. The van der Waals surface area contributed by atoms with Gasteiger partial charge in [0.25, 0.3) is 5.22 Å². The lowest BCUT2D eigenvalue weighted by atomic mass is 10.1. The lowest BCUT2D eigenvalue weighted by Crippen LogP contribution is -1.92. The summed E-state index contributed by atoms with van der Waals surface area (Å²) in [4.78, 5) is 8.83. The Labute approximate surface area is 141 Å². The maximum Gasteiger partial charge on any atom is 0.283 e. The van der Waals surface area contributed by atoms with Gasteiger partial charge in [-0.3, -0.25) is 4.98 Å². The largest absolute Gasteiger partial charge is 0.415 e. The molecule has 0 aliphatic carbocycles. The zero-order valence-corrected chi connectivity index (χ0v) is 13.2. The first-order chi connectivity index (χ1) is 11.8. The molecule has 0 fully saturated rings. The predicted octanol–water partition coefficient (Wildman–Crippen LogP) is 3.89. The van der Waals surface area contributed by atoms with E-state index in [4.69, 9.17) is 4.42 Å². The van der Waals surface area contributed by atoms with Crippen molar-refractivity contribution in [3.63, 3.8) is 0 Å². The van der Waals surface area contributed by atoms with Crippen LogP contribution < -0.4 is 0 Å². The first kappa shape index (κ1) is 14.8. The number of hydrogen-bond donors (Lipinski definition) is 0. The maximum atomic E-state index is 13.7. The van der Waals surface area contributed by atoms with Gasteiger partial charge >= 0.3 is 0 Å². The topological polar surface area (TPSA) is 64.7 Å². The third-order valence-electron chi connectivity index (χ3n) is 3.37. The molecular weight excluding hydrogens is 327 g/mol. The Morgan fingerprint density at radius 1 is 0.958 bits per heavy atom. The molecule has 118 valence electrons. The molecule has 0 spiro atoms. The van der Waals surface area contributed by atoms with Crippen LogP contribution in [-0.2, 0) is 6.42 Å². The van der Waals surface area contributed by atoms with Gasteiger partial charge in [0.15, 0.2) is 0 Å². The number of aromatic nitrogens is 4. The molecule has 0 amide bonds. The van der Waals surface area contributed by atoms with E-state index >= 15 is 0 Å². The molecule has 2 aromatic heterocycles. The van der Waals surface area contributed by atoms with Crippen molar-refractivity contribution in [1.82, 2.24) is 20.2 Å². The lowest BCUT2D eigenvalue weighted by Gasteiger charge is -1.99. The first-order valence-electron chi connectivity index (χ1n) is 7.23. The van der Waals surface area contributed by atoms with Crippen LogP contribution in [-0.4, -0.2) is 20.2 Å². The molecule has 4 aromatic rings. The number of nitrogens with zero attached hydrogens (tertiary/aromatic N) is 4. The van der Waals surface area contributed by atoms with Crippen molar-refractivity contribution < 1.29 is 8.81 Å². The lowest BCUT2D eigenvalue weighted by molar-refractivity contribution is 0.418. The molecule has 0 radical (unpaired) electrons. The predicted molar refractivity (Wildman–Crippen MR) is 87.2 cm³/mol. The molecule has 5 nitrogen and oxygen atoms in total. The fourth-order valence-electron chi connectivity index (χ4n) is 2.23. The van der Waals surface area contributed by atoms with Crippen molar-refractivity contribution in [3.05, 3.63) is 72.0 Å². The number of rotatable bonds is 4. The fraction of sp³-hybridized carbons (Fsp3) is 0.0588. The van der Waals surface area contributed by atoms with Crippen molar-refractivity contribution in [2.24, 2.45) is 0 Å². The van der Waals surface area contributed by atoms with Gasteiger partial charge in [0.2, 0.25) is 5.89 Å². The highest BCUT2D eigenvalue weighted by atomic mass is 32.2. The molecule has 0 atom stereocenters. The molecular formula is C17H11FN4OS. The number of fused-ring (bicyclic) bond motifs is 1. The van der Waals surface area contributed by atoms with Crippen molar-refractivity contribution in [2.75, 3.05) is 0 Å². The van der Waals surface area contributed by atoms with Crippen LogP contribution in [0.1, 0.15) is 11.5 Å². The molecule has 7 heteroatoms. The van der Waals surface area contributed by atoms with E-state index < -0.39 is 0 Å². The van der Waals surface area contributed by atoms with Gasteiger partial charge in [0, 0.05) is 0 Å². The monoisotopic (exact) mass is 338 g/mol. The Hall–Kier alpha value is -2.80. The Balaban J connectivity index is 1.53. The van der Waals surface area contributed by atoms with Gasteiger partial charge in [-0.2, -0.15) is 0 Å². The third-order valence-corrected chi connectivity index (χ3v) is 4.11. The van der Waals surface area contributed by atoms with Crippen LogP contribution >= 0.6 is 11.8 Å².